The maximum atomic E-state index is 12.3. The van der Waals surface area contributed by atoms with Gasteiger partial charge < -0.3 is 19.4 Å². The van der Waals surface area contributed by atoms with Crippen LogP contribution in [-0.2, 0) is 14.1 Å². The second-order valence-electron chi connectivity index (χ2n) is 5.55. The fourth-order valence-corrected chi connectivity index (χ4v) is 2.14. The van der Waals surface area contributed by atoms with Crippen molar-refractivity contribution in [3.63, 3.8) is 0 Å². The first kappa shape index (κ1) is 17.2. The number of carbonyl (C=O) groups is 2. The van der Waals surface area contributed by atoms with E-state index in [9.17, 15) is 19.2 Å². The summed E-state index contributed by atoms with van der Waals surface area (Å²) in [6.45, 7) is 0. The molecule has 0 radical (unpaired) electrons. The molecular weight excluding hydrogens is 312 g/mol. The number of nitrogens with zero attached hydrogens (tertiary/aromatic N) is 3. The third-order valence-electron chi connectivity index (χ3n) is 3.45. The molecule has 2 rings (SSSR count). The zero-order valence-corrected chi connectivity index (χ0v) is 13.9. The van der Waals surface area contributed by atoms with Gasteiger partial charge in [0.05, 0.1) is 5.56 Å². The van der Waals surface area contributed by atoms with Crippen LogP contribution < -0.4 is 16.4 Å². The van der Waals surface area contributed by atoms with E-state index in [1.165, 1.54) is 52.7 Å². The maximum absolute atomic E-state index is 12.3. The number of hydrogen-bond acceptors (Lipinski definition) is 4. The zero-order valence-electron chi connectivity index (χ0n) is 13.9. The minimum Gasteiger partial charge on any atom is -0.345 e. The molecule has 0 atom stereocenters. The monoisotopic (exact) mass is 330 g/mol. The highest BCUT2D eigenvalue weighted by molar-refractivity contribution is 6.04. The Hall–Kier alpha value is -3.16. The number of rotatable bonds is 3. The standard InChI is InChI=1S/C16H18N4O4/c1-18(2)14(22)10-8-12(16(24)20(4)9-10)17-13(21)11-6-5-7-19(3)15(11)23/h5-9H,1-4H3,(H,17,21). The largest absolute Gasteiger partial charge is 0.345 e. The van der Waals surface area contributed by atoms with E-state index in [-0.39, 0.29) is 22.7 Å². The molecule has 0 fully saturated rings. The van der Waals surface area contributed by atoms with Crippen LogP contribution in [0.25, 0.3) is 0 Å². The Morgan fingerprint density at radius 3 is 2.38 bits per heavy atom. The van der Waals surface area contributed by atoms with Crippen LogP contribution >= 0.6 is 0 Å². The fraction of sp³-hybridized carbons (Fsp3) is 0.250. The number of hydrogen-bond donors (Lipinski definition) is 1. The van der Waals surface area contributed by atoms with Crippen molar-refractivity contribution in [2.24, 2.45) is 14.1 Å². The molecule has 0 aliphatic rings. The van der Waals surface area contributed by atoms with Gasteiger partial charge in [-0.1, -0.05) is 0 Å². The average Bonchev–Trinajstić information content (AvgIpc) is 2.53. The Morgan fingerprint density at radius 2 is 1.75 bits per heavy atom. The zero-order chi connectivity index (χ0) is 18.0. The lowest BCUT2D eigenvalue weighted by Gasteiger charge is -2.13. The highest BCUT2D eigenvalue weighted by Crippen LogP contribution is 2.08. The number of carbonyl (C=O) groups excluding carboxylic acids is 2. The first-order valence-corrected chi connectivity index (χ1v) is 7.11. The van der Waals surface area contributed by atoms with E-state index in [0.29, 0.717) is 0 Å². The molecule has 8 nitrogen and oxygen atoms in total. The number of amides is 2. The molecule has 2 aromatic heterocycles. The van der Waals surface area contributed by atoms with Crippen molar-refractivity contribution < 1.29 is 9.59 Å². The molecular formula is C16H18N4O4. The molecule has 0 aromatic carbocycles. The molecule has 8 heteroatoms. The lowest BCUT2D eigenvalue weighted by Crippen LogP contribution is -2.31. The van der Waals surface area contributed by atoms with E-state index in [0.717, 1.165) is 0 Å². The molecule has 0 saturated heterocycles. The lowest BCUT2D eigenvalue weighted by atomic mass is 10.2. The van der Waals surface area contributed by atoms with Crippen LogP contribution in [0.1, 0.15) is 20.7 Å². The number of aromatic nitrogens is 2. The Morgan fingerprint density at radius 1 is 1.08 bits per heavy atom. The summed E-state index contributed by atoms with van der Waals surface area (Å²) in [7, 11) is 6.17. The molecule has 0 spiro atoms. The third-order valence-corrected chi connectivity index (χ3v) is 3.45. The SMILES string of the molecule is CN(C)C(=O)c1cc(NC(=O)c2cccn(C)c2=O)c(=O)n(C)c1. The van der Waals surface area contributed by atoms with E-state index in [4.69, 9.17) is 0 Å². The summed E-state index contributed by atoms with van der Waals surface area (Å²) >= 11 is 0. The van der Waals surface area contributed by atoms with E-state index in [1.807, 2.05) is 0 Å². The van der Waals surface area contributed by atoms with Gasteiger partial charge in [0.2, 0.25) is 0 Å². The second-order valence-corrected chi connectivity index (χ2v) is 5.55. The van der Waals surface area contributed by atoms with Gasteiger partial charge in [-0.15, -0.1) is 0 Å². The highest BCUT2D eigenvalue weighted by Gasteiger charge is 2.16. The predicted molar refractivity (Wildman–Crippen MR) is 89.3 cm³/mol. The fourth-order valence-electron chi connectivity index (χ4n) is 2.14. The van der Waals surface area contributed by atoms with Gasteiger partial charge in [0, 0.05) is 40.6 Å². The van der Waals surface area contributed by atoms with Gasteiger partial charge in [0.1, 0.15) is 11.3 Å². The quantitative estimate of drug-likeness (QED) is 0.860. The van der Waals surface area contributed by atoms with Crippen molar-refractivity contribution in [1.29, 1.82) is 0 Å². The smallest absolute Gasteiger partial charge is 0.274 e. The summed E-state index contributed by atoms with van der Waals surface area (Å²) in [5.74, 6) is -1.01. The van der Waals surface area contributed by atoms with E-state index in [2.05, 4.69) is 5.32 Å². The predicted octanol–water partition coefficient (Wildman–Crippen LogP) is 0.0381. The Balaban J connectivity index is 2.44. The molecule has 0 unspecified atom stereocenters. The summed E-state index contributed by atoms with van der Waals surface area (Å²) < 4.78 is 2.47. The molecule has 2 amide bonds. The Bertz CT molecular complexity index is 924. The molecule has 24 heavy (non-hydrogen) atoms. The summed E-state index contributed by atoms with van der Waals surface area (Å²) in [6.07, 6.45) is 2.91. The first-order chi connectivity index (χ1) is 11.2. The molecule has 126 valence electrons. The van der Waals surface area contributed by atoms with Gasteiger partial charge in [-0.3, -0.25) is 19.2 Å². The summed E-state index contributed by atoms with van der Waals surface area (Å²) in [5.41, 5.74) is -0.871. The third kappa shape index (κ3) is 3.27. The van der Waals surface area contributed by atoms with Crippen molar-refractivity contribution in [2.45, 2.75) is 0 Å². The van der Waals surface area contributed by atoms with Crippen LogP contribution in [0, 0.1) is 0 Å². The van der Waals surface area contributed by atoms with Gasteiger partial charge in [-0.2, -0.15) is 0 Å². The summed E-state index contributed by atoms with van der Waals surface area (Å²) in [4.78, 5) is 49.9. The van der Waals surface area contributed by atoms with E-state index < -0.39 is 17.0 Å². The summed E-state index contributed by atoms with van der Waals surface area (Å²) in [5, 5.41) is 2.41. The van der Waals surface area contributed by atoms with Crippen molar-refractivity contribution >= 4 is 17.5 Å². The highest BCUT2D eigenvalue weighted by atomic mass is 16.2. The normalized spacial score (nSPS) is 10.3. The molecule has 1 N–H and O–H groups in total. The van der Waals surface area contributed by atoms with Gasteiger partial charge in [-0.05, 0) is 18.2 Å². The van der Waals surface area contributed by atoms with Gasteiger partial charge in [-0.25, -0.2) is 0 Å². The molecule has 2 heterocycles. The average molecular weight is 330 g/mol. The molecule has 0 aliphatic carbocycles. The van der Waals surface area contributed by atoms with E-state index in [1.54, 1.807) is 20.2 Å². The number of pyridine rings is 2. The van der Waals surface area contributed by atoms with Crippen LogP contribution in [0.3, 0.4) is 0 Å². The molecule has 0 bridgehead atoms. The minimum absolute atomic E-state index is 0.0684. The van der Waals surface area contributed by atoms with Gasteiger partial charge in [0.25, 0.3) is 22.9 Å². The maximum Gasteiger partial charge on any atom is 0.274 e. The molecule has 0 aliphatic heterocycles. The minimum atomic E-state index is -0.706. The summed E-state index contributed by atoms with van der Waals surface area (Å²) in [6, 6.07) is 4.23. The molecule has 0 saturated carbocycles. The van der Waals surface area contributed by atoms with Crippen LogP contribution in [0.4, 0.5) is 5.69 Å². The van der Waals surface area contributed by atoms with Crippen molar-refractivity contribution in [1.82, 2.24) is 14.0 Å². The van der Waals surface area contributed by atoms with Crippen molar-refractivity contribution in [3.8, 4) is 0 Å². The van der Waals surface area contributed by atoms with Gasteiger partial charge >= 0.3 is 0 Å². The van der Waals surface area contributed by atoms with Crippen LogP contribution in [0.15, 0.2) is 40.2 Å². The first-order valence-electron chi connectivity index (χ1n) is 7.11. The van der Waals surface area contributed by atoms with Gasteiger partial charge in [0.15, 0.2) is 0 Å². The van der Waals surface area contributed by atoms with Crippen molar-refractivity contribution in [3.05, 3.63) is 62.4 Å². The number of anilines is 1. The Kier molecular flexibility index (Phi) is 4.68. The van der Waals surface area contributed by atoms with Crippen molar-refractivity contribution in [2.75, 3.05) is 19.4 Å². The topological polar surface area (TPSA) is 93.4 Å². The lowest BCUT2D eigenvalue weighted by molar-refractivity contribution is 0.0826. The number of nitrogens with one attached hydrogen (secondary N) is 1. The second kappa shape index (κ2) is 6.53. The Labute approximate surface area is 137 Å². The van der Waals surface area contributed by atoms with Crippen LogP contribution in [0.2, 0.25) is 0 Å². The molecule has 2 aromatic rings. The van der Waals surface area contributed by atoms with Crippen LogP contribution in [-0.4, -0.2) is 39.9 Å². The number of aryl methyl sites for hydroxylation is 2. The van der Waals surface area contributed by atoms with Crippen LogP contribution in [0.5, 0.6) is 0 Å². The van der Waals surface area contributed by atoms with E-state index >= 15 is 0 Å².